The average molecular weight is 407 g/mol. The van der Waals surface area contributed by atoms with Gasteiger partial charge in [-0.15, -0.1) is 0 Å². The van der Waals surface area contributed by atoms with E-state index in [2.05, 4.69) is 21.2 Å². The lowest BCUT2D eigenvalue weighted by atomic mass is 10.2. The third kappa shape index (κ3) is 4.63. The first-order valence-corrected chi connectivity index (χ1v) is 10.1. The smallest absolute Gasteiger partial charge is 0.336 e. The molecule has 0 saturated carbocycles. The number of nitrogens with one attached hydrogen (secondary N) is 1. The summed E-state index contributed by atoms with van der Waals surface area (Å²) in [5.41, 5.74) is 1.94. The number of carbonyl (C=O) groups excluding carboxylic acids is 1. The number of methoxy groups -OCH3 is 1. The number of piperazine rings is 1. The Morgan fingerprint density at radius 3 is 2.67 bits per heavy atom. The van der Waals surface area contributed by atoms with Crippen LogP contribution in [0.4, 0.5) is 11.4 Å². The van der Waals surface area contributed by atoms with Crippen LogP contribution >= 0.6 is 0 Å². The van der Waals surface area contributed by atoms with E-state index in [4.69, 9.17) is 9.15 Å². The highest BCUT2D eigenvalue weighted by Gasteiger charge is 2.20. The number of benzene rings is 2. The minimum absolute atomic E-state index is 0.0288. The maximum atomic E-state index is 12.4. The molecular formula is C23H25N3O4. The summed E-state index contributed by atoms with van der Waals surface area (Å²) in [5.74, 6) is 0.860. The molecule has 1 amide bonds. The molecule has 0 atom stereocenters. The van der Waals surface area contributed by atoms with Crippen LogP contribution in [0, 0.1) is 0 Å². The van der Waals surface area contributed by atoms with Crippen molar-refractivity contribution in [3.63, 3.8) is 0 Å². The number of ether oxygens (including phenoxy) is 1. The van der Waals surface area contributed by atoms with E-state index < -0.39 is 0 Å². The summed E-state index contributed by atoms with van der Waals surface area (Å²) in [6.07, 6.45) is 0.427. The molecule has 156 valence electrons. The van der Waals surface area contributed by atoms with Crippen molar-refractivity contribution in [2.75, 3.05) is 50.1 Å². The van der Waals surface area contributed by atoms with E-state index in [1.807, 2.05) is 24.3 Å². The maximum Gasteiger partial charge on any atom is 0.336 e. The summed E-state index contributed by atoms with van der Waals surface area (Å²) >= 11 is 0. The predicted molar refractivity (Wildman–Crippen MR) is 117 cm³/mol. The number of para-hydroxylation sites is 2. The van der Waals surface area contributed by atoms with Gasteiger partial charge in [0.25, 0.3) is 0 Å². The van der Waals surface area contributed by atoms with Gasteiger partial charge in [0.2, 0.25) is 5.91 Å². The van der Waals surface area contributed by atoms with Gasteiger partial charge in [-0.25, -0.2) is 4.79 Å². The van der Waals surface area contributed by atoms with Gasteiger partial charge in [-0.05, 0) is 36.4 Å². The summed E-state index contributed by atoms with van der Waals surface area (Å²) in [5, 5.41) is 3.70. The highest BCUT2D eigenvalue weighted by atomic mass is 16.5. The molecule has 0 unspecified atom stereocenters. The summed E-state index contributed by atoms with van der Waals surface area (Å²) in [6, 6.07) is 16.4. The normalized spacial score (nSPS) is 14.6. The van der Waals surface area contributed by atoms with Crippen molar-refractivity contribution in [2.45, 2.75) is 6.42 Å². The predicted octanol–water partition coefficient (Wildman–Crippen LogP) is 2.95. The molecular weight excluding hydrogens is 382 g/mol. The average Bonchev–Trinajstić information content (AvgIpc) is 2.78. The molecule has 2 heterocycles. The summed E-state index contributed by atoms with van der Waals surface area (Å²) in [6.45, 7) is 4.32. The molecule has 1 aromatic heterocycles. The van der Waals surface area contributed by atoms with E-state index >= 15 is 0 Å². The highest BCUT2D eigenvalue weighted by Crippen LogP contribution is 2.28. The third-order valence-corrected chi connectivity index (χ3v) is 5.36. The molecule has 0 bridgehead atoms. The Hall–Kier alpha value is -3.32. The van der Waals surface area contributed by atoms with E-state index in [1.165, 1.54) is 6.07 Å². The van der Waals surface area contributed by atoms with E-state index in [0.717, 1.165) is 43.0 Å². The monoisotopic (exact) mass is 407 g/mol. The molecule has 1 aliphatic rings. The zero-order chi connectivity index (χ0) is 20.9. The maximum absolute atomic E-state index is 12.4. The summed E-state index contributed by atoms with van der Waals surface area (Å²) in [4.78, 5) is 28.3. The first-order chi connectivity index (χ1) is 14.6. The molecule has 30 heavy (non-hydrogen) atoms. The lowest BCUT2D eigenvalue weighted by Gasteiger charge is -2.36. The first kappa shape index (κ1) is 20.0. The Labute approximate surface area is 174 Å². The number of amides is 1. The largest absolute Gasteiger partial charge is 0.495 e. The molecule has 0 spiro atoms. The minimum atomic E-state index is -0.384. The molecule has 1 fully saturated rings. The van der Waals surface area contributed by atoms with Gasteiger partial charge in [-0.3, -0.25) is 9.69 Å². The quantitative estimate of drug-likeness (QED) is 0.634. The topological polar surface area (TPSA) is 75.0 Å². The first-order valence-electron chi connectivity index (χ1n) is 10.1. The third-order valence-electron chi connectivity index (χ3n) is 5.36. The Bertz CT molecular complexity index is 1090. The van der Waals surface area contributed by atoms with Crippen LogP contribution in [0.25, 0.3) is 11.0 Å². The number of hydrogen-bond donors (Lipinski definition) is 1. The van der Waals surface area contributed by atoms with Crippen LogP contribution in [0.3, 0.4) is 0 Å². The van der Waals surface area contributed by atoms with Crippen molar-refractivity contribution < 1.29 is 13.9 Å². The van der Waals surface area contributed by atoms with Crippen LogP contribution in [0.2, 0.25) is 0 Å². The molecule has 1 saturated heterocycles. The lowest BCUT2D eigenvalue weighted by molar-refractivity contribution is -0.116. The fraction of sp³-hybridized carbons (Fsp3) is 0.304. The molecule has 0 aliphatic carbocycles. The standard InChI is InChI=1S/C23H25N3O4/c1-29-21-5-3-2-4-19(21)26-14-12-25(13-15-26)11-10-22(27)24-18-7-8-20-17(16-18)6-9-23(28)30-20/h2-9,16H,10-15H2,1H3,(H,24,27). The van der Waals surface area contributed by atoms with Gasteiger partial charge >= 0.3 is 5.63 Å². The van der Waals surface area contributed by atoms with E-state index in [0.29, 0.717) is 24.2 Å². The number of hydrogen-bond acceptors (Lipinski definition) is 6. The second-order valence-electron chi connectivity index (χ2n) is 7.31. The molecule has 4 rings (SSSR count). The highest BCUT2D eigenvalue weighted by molar-refractivity contribution is 5.93. The Kier molecular flexibility index (Phi) is 5.99. The lowest BCUT2D eigenvalue weighted by Crippen LogP contribution is -2.47. The number of rotatable bonds is 6. The van der Waals surface area contributed by atoms with Gasteiger partial charge in [-0.2, -0.15) is 0 Å². The van der Waals surface area contributed by atoms with Crippen LogP contribution in [0.15, 0.2) is 63.8 Å². The minimum Gasteiger partial charge on any atom is -0.495 e. The van der Waals surface area contributed by atoms with Gasteiger partial charge in [0, 0.05) is 56.3 Å². The van der Waals surface area contributed by atoms with Crippen LogP contribution in [-0.2, 0) is 4.79 Å². The Morgan fingerprint density at radius 2 is 1.87 bits per heavy atom. The van der Waals surface area contributed by atoms with E-state index in [9.17, 15) is 9.59 Å². The molecule has 2 aromatic carbocycles. The zero-order valence-corrected chi connectivity index (χ0v) is 17.0. The van der Waals surface area contributed by atoms with Crippen molar-refractivity contribution in [2.24, 2.45) is 0 Å². The van der Waals surface area contributed by atoms with E-state index in [1.54, 1.807) is 25.3 Å². The van der Waals surface area contributed by atoms with Crippen LogP contribution < -0.4 is 20.6 Å². The van der Waals surface area contributed by atoms with Crippen molar-refractivity contribution in [1.82, 2.24) is 4.90 Å². The van der Waals surface area contributed by atoms with Crippen LogP contribution in [0.1, 0.15) is 6.42 Å². The van der Waals surface area contributed by atoms with Gasteiger partial charge in [0.1, 0.15) is 11.3 Å². The molecule has 7 nitrogen and oxygen atoms in total. The number of carbonyl (C=O) groups is 1. The van der Waals surface area contributed by atoms with Gasteiger partial charge < -0.3 is 19.4 Å². The number of anilines is 2. The Morgan fingerprint density at radius 1 is 1.07 bits per heavy atom. The fourth-order valence-electron chi connectivity index (χ4n) is 3.74. The number of fused-ring (bicyclic) bond motifs is 1. The molecule has 3 aromatic rings. The Balaban J connectivity index is 1.27. The second kappa shape index (κ2) is 9.00. The summed E-state index contributed by atoms with van der Waals surface area (Å²) < 4.78 is 10.6. The van der Waals surface area contributed by atoms with Gasteiger partial charge in [0.05, 0.1) is 12.8 Å². The number of nitrogens with zero attached hydrogens (tertiary/aromatic N) is 2. The van der Waals surface area contributed by atoms with Crippen LogP contribution in [-0.4, -0.2) is 50.6 Å². The van der Waals surface area contributed by atoms with Gasteiger partial charge in [0.15, 0.2) is 0 Å². The molecule has 1 aliphatic heterocycles. The van der Waals surface area contributed by atoms with Crippen molar-refractivity contribution in [3.05, 3.63) is 65.0 Å². The molecule has 1 N–H and O–H groups in total. The van der Waals surface area contributed by atoms with Gasteiger partial charge in [-0.1, -0.05) is 12.1 Å². The summed E-state index contributed by atoms with van der Waals surface area (Å²) in [7, 11) is 1.69. The van der Waals surface area contributed by atoms with E-state index in [-0.39, 0.29) is 11.5 Å². The SMILES string of the molecule is COc1ccccc1N1CCN(CCC(=O)Nc2ccc3oc(=O)ccc3c2)CC1. The van der Waals surface area contributed by atoms with Crippen molar-refractivity contribution in [1.29, 1.82) is 0 Å². The zero-order valence-electron chi connectivity index (χ0n) is 17.0. The molecule has 7 heteroatoms. The van der Waals surface area contributed by atoms with Crippen molar-refractivity contribution >= 4 is 28.3 Å². The van der Waals surface area contributed by atoms with Crippen molar-refractivity contribution in [3.8, 4) is 5.75 Å². The van der Waals surface area contributed by atoms with Crippen LogP contribution in [0.5, 0.6) is 5.75 Å². The fourth-order valence-corrected chi connectivity index (χ4v) is 3.74. The molecule has 0 radical (unpaired) electrons. The second-order valence-corrected chi connectivity index (χ2v) is 7.31.